The summed E-state index contributed by atoms with van der Waals surface area (Å²) in [7, 11) is 0. The Bertz CT molecular complexity index is 1060. The van der Waals surface area contributed by atoms with Gasteiger partial charge >= 0.3 is 5.97 Å². The van der Waals surface area contributed by atoms with Gasteiger partial charge in [-0.3, -0.25) is 4.79 Å². The number of carbonyl (C=O) groups is 2. The molecule has 2 aromatic carbocycles. The molecule has 0 aliphatic carbocycles. The minimum Gasteiger partial charge on any atom is -0.462 e. The van der Waals surface area contributed by atoms with Crippen molar-refractivity contribution >= 4 is 23.3 Å². The SMILES string of the molecule is CCOC(=O)c1ccc(NC(=O)Cn2nnc(-c3ccc(N4CCOCC4)cc3)n2)cc1. The number of esters is 1. The standard InChI is InChI=1S/C22H24N6O4/c1-2-32-22(30)17-3-7-18(8-4-17)23-20(29)15-28-25-21(24-26-28)16-5-9-19(10-6-16)27-11-13-31-14-12-27/h3-10H,2,11-15H2,1H3,(H,23,29). The maximum Gasteiger partial charge on any atom is 0.338 e. The molecule has 10 nitrogen and oxygen atoms in total. The van der Waals surface area contributed by atoms with Crippen LogP contribution in [0.5, 0.6) is 0 Å². The van der Waals surface area contributed by atoms with Crippen molar-refractivity contribution in [2.75, 3.05) is 43.1 Å². The minimum absolute atomic E-state index is 0.0848. The Labute approximate surface area is 185 Å². The van der Waals surface area contributed by atoms with E-state index in [1.165, 1.54) is 4.80 Å². The lowest BCUT2D eigenvalue weighted by molar-refractivity contribution is -0.117. The van der Waals surface area contributed by atoms with Gasteiger partial charge in [-0.25, -0.2) is 4.79 Å². The van der Waals surface area contributed by atoms with Crippen molar-refractivity contribution in [1.82, 2.24) is 20.2 Å². The molecule has 32 heavy (non-hydrogen) atoms. The number of morpholine rings is 1. The van der Waals surface area contributed by atoms with Gasteiger partial charge in [-0.2, -0.15) is 4.80 Å². The Morgan fingerprint density at radius 1 is 1.06 bits per heavy atom. The van der Waals surface area contributed by atoms with Gasteiger partial charge < -0.3 is 19.7 Å². The van der Waals surface area contributed by atoms with Crippen LogP contribution in [0.3, 0.4) is 0 Å². The highest BCUT2D eigenvalue weighted by atomic mass is 16.5. The Morgan fingerprint density at radius 2 is 1.78 bits per heavy atom. The molecule has 2 heterocycles. The van der Waals surface area contributed by atoms with E-state index in [-0.39, 0.29) is 12.5 Å². The topological polar surface area (TPSA) is 111 Å². The van der Waals surface area contributed by atoms with E-state index in [1.807, 2.05) is 24.3 Å². The number of nitrogens with zero attached hydrogens (tertiary/aromatic N) is 5. The second-order valence-corrected chi connectivity index (χ2v) is 7.14. The fraction of sp³-hybridized carbons (Fsp3) is 0.318. The predicted molar refractivity (Wildman–Crippen MR) is 117 cm³/mol. The molecule has 0 radical (unpaired) electrons. The van der Waals surface area contributed by atoms with E-state index in [0.717, 1.165) is 37.6 Å². The van der Waals surface area contributed by atoms with Gasteiger partial charge in [0.2, 0.25) is 11.7 Å². The number of aromatic nitrogens is 4. The third kappa shape index (κ3) is 5.27. The zero-order valence-electron chi connectivity index (χ0n) is 17.7. The molecule has 166 valence electrons. The largest absolute Gasteiger partial charge is 0.462 e. The van der Waals surface area contributed by atoms with Gasteiger partial charge in [0, 0.05) is 30.0 Å². The molecule has 1 aliphatic rings. The van der Waals surface area contributed by atoms with Gasteiger partial charge in [0.25, 0.3) is 0 Å². The molecular weight excluding hydrogens is 412 g/mol. The van der Waals surface area contributed by atoms with E-state index in [4.69, 9.17) is 9.47 Å². The predicted octanol–water partition coefficient (Wildman–Crippen LogP) is 1.99. The van der Waals surface area contributed by atoms with Crippen molar-refractivity contribution in [1.29, 1.82) is 0 Å². The number of tetrazole rings is 1. The van der Waals surface area contributed by atoms with Crippen LogP contribution in [0.15, 0.2) is 48.5 Å². The van der Waals surface area contributed by atoms with Crippen molar-refractivity contribution in [3.05, 3.63) is 54.1 Å². The van der Waals surface area contributed by atoms with Crippen LogP contribution in [0.1, 0.15) is 17.3 Å². The molecule has 0 atom stereocenters. The monoisotopic (exact) mass is 436 g/mol. The van der Waals surface area contributed by atoms with Crippen LogP contribution < -0.4 is 10.2 Å². The first-order valence-corrected chi connectivity index (χ1v) is 10.4. The molecule has 10 heteroatoms. The molecule has 0 spiro atoms. The number of benzene rings is 2. The highest BCUT2D eigenvalue weighted by Gasteiger charge is 2.13. The maximum absolute atomic E-state index is 12.3. The van der Waals surface area contributed by atoms with Crippen LogP contribution in [0.2, 0.25) is 0 Å². The number of rotatable bonds is 7. The van der Waals surface area contributed by atoms with Crippen LogP contribution in [-0.2, 0) is 20.8 Å². The van der Waals surface area contributed by atoms with E-state index < -0.39 is 5.97 Å². The van der Waals surface area contributed by atoms with Crippen molar-refractivity contribution in [2.45, 2.75) is 13.5 Å². The van der Waals surface area contributed by atoms with Crippen molar-refractivity contribution in [3.63, 3.8) is 0 Å². The average Bonchev–Trinajstić information content (AvgIpc) is 3.28. The summed E-state index contributed by atoms with van der Waals surface area (Å²) in [5.74, 6) is -0.256. The molecule has 4 rings (SSSR count). The highest BCUT2D eigenvalue weighted by Crippen LogP contribution is 2.21. The zero-order chi connectivity index (χ0) is 22.3. The van der Waals surface area contributed by atoms with E-state index in [2.05, 4.69) is 25.6 Å². The molecule has 1 aromatic heterocycles. The summed E-state index contributed by atoms with van der Waals surface area (Å²) in [6.07, 6.45) is 0. The molecule has 0 saturated carbocycles. The molecule has 1 amide bonds. The maximum atomic E-state index is 12.3. The fourth-order valence-corrected chi connectivity index (χ4v) is 3.30. The second-order valence-electron chi connectivity index (χ2n) is 7.14. The van der Waals surface area contributed by atoms with Crippen molar-refractivity contribution in [3.8, 4) is 11.4 Å². The lowest BCUT2D eigenvalue weighted by Gasteiger charge is -2.28. The van der Waals surface area contributed by atoms with Crippen molar-refractivity contribution < 1.29 is 19.1 Å². The highest BCUT2D eigenvalue weighted by molar-refractivity contribution is 5.92. The summed E-state index contributed by atoms with van der Waals surface area (Å²) in [6, 6.07) is 14.4. The van der Waals surface area contributed by atoms with E-state index in [9.17, 15) is 9.59 Å². The van der Waals surface area contributed by atoms with Gasteiger partial charge in [0.05, 0.1) is 25.4 Å². The molecule has 0 unspecified atom stereocenters. The Morgan fingerprint density at radius 3 is 2.47 bits per heavy atom. The summed E-state index contributed by atoms with van der Waals surface area (Å²) in [4.78, 5) is 27.5. The Balaban J connectivity index is 1.33. The molecular formula is C22H24N6O4. The normalized spacial score (nSPS) is 13.6. The third-order valence-electron chi connectivity index (χ3n) is 4.92. The number of hydrogen-bond acceptors (Lipinski definition) is 8. The molecule has 1 aliphatic heterocycles. The smallest absolute Gasteiger partial charge is 0.338 e. The summed E-state index contributed by atoms with van der Waals surface area (Å²) in [5.41, 5.74) is 2.93. The molecule has 0 bridgehead atoms. The lowest BCUT2D eigenvalue weighted by atomic mass is 10.2. The van der Waals surface area contributed by atoms with E-state index in [0.29, 0.717) is 23.7 Å². The van der Waals surface area contributed by atoms with Crippen LogP contribution in [0.4, 0.5) is 11.4 Å². The molecule has 3 aromatic rings. The first-order chi connectivity index (χ1) is 15.6. The zero-order valence-corrected chi connectivity index (χ0v) is 17.7. The third-order valence-corrected chi connectivity index (χ3v) is 4.92. The summed E-state index contributed by atoms with van der Waals surface area (Å²) in [5, 5.41) is 15.1. The van der Waals surface area contributed by atoms with Gasteiger partial charge in [-0.15, -0.1) is 10.2 Å². The number of amides is 1. The number of carbonyl (C=O) groups excluding carboxylic acids is 2. The quantitative estimate of drug-likeness (QED) is 0.560. The summed E-state index contributed by atoms with van der Waals surface area (Å²) >= 11 is 0. The molecule has 1 saturated heterocycles. The fourth-order valence-electron chi connectivity index (χ4n) is 3.30. The summed E-state index contributed by atoms with van der Waals surface area (Å²) < 4.78 is 10.3. The van der Waals surface area contributed by atoms with Crippen LogP contribution in [0, 0.1) is 0 Å². The number of anilines is 2. The van der Waals surface area contributed by atoms with Gasteiger partial charge in [-0.05, 0) is 60.7 Å². The number of nitrogens with one attached hydrogen (secondary N) is 1. The molecule has 1 fully saturated rings. The molecule has 1 N–H and O–H groups in total. The van der Waals surface area contributed by atoms with Crippen LogP contribution in [-0.4, -0.2) is 65.0 Å². The van der Waals surface area contributed by atoms with E-state index >= 15 is 0 Å². The van der Waals surface area contributed by atoms with E-state index in [1.54, 1.807) is 31.2 Å². The summed E-state index contributed by atoms with van der Waals surface area (Å²) in [6.45, 7) is 5.17. The Kier molecular flexibility index (Phi) is 6.71. The minimum atomic E-state index is -0.400. The lowest BCUT2D eigenvalue weighted by Crippen LogP contribution is -2.36. The first-order valence-electron chi connectivity index (χ1n) is 10.4. The number of ether oxygens (including phenoxy) is 2. The van der Waals surface area contributed by atoms with Gasteiger partial charge in [0.1, 0.15) is 6.54 Å². The average molecular weight is 436 g/mol. The number of hydrogen-bond donors (Lipinski definition) is 1. The Hall–Kier alpha value is -3.79. The van der Waals surface area contributed by atoms with Crippen LogP contribution in [0.25, 0.3) is 11.4 Å². The van der Waals surface area contributed by atoms with Crippen molar-refractivity contribution in [2.24, 2.45) is 0 Å². The first kappa shape index (κ1) is 21.4. The van der Waals surface area contributed by atoms with Crippen LogP contribution >= 0.6 is 0 Å². The van der Waals surface area contributed by atoms with Gasteiger partial charge in [0.15, 0.2) is 0 Å². The second kappa shape index (κ2) is 10.0. The van der Waals surface area contributed by atoms with Gasteiger partial charge in [-0.1, -0.05) is 0 Å².